The number of benzene rings is 3. The average molecular weight is 471 g/mol. The molecule has 0 aliphatic rings. The highest BCUT2D eigenvalue weighted by atomic mass is 16.5. The maximum atomic E-state index is 13.4. The highest BCUT2D eigenvalue weighted by molar-refractivity contribution is 5.79. The van der Waals surface area contributed by atoms with Gasteiger partial charge < -0.3 is 9.47 Å². The van der Waals surface area contributed by atoms with Crippen molar-refractivity contribution in [1.82, 2.24) is 9.55 Å². The van der Waals surface area contributed by atoms with Crippen molar-refractivity contribution in [3.05, 3.63) is 88.2 Å². The van der Waals surface area contributed by atoms with Crippen LogP contribution >= 0.6 is 0 Å². The number of fused-ring (bicyclic) bond motifs is 1. The van der Waals surface area contributed by atoms with E-state index in [-0.39, 0.29) is 11.0 Å². The van der Waals surface area contributed by atoms with Crippen molar-refractivity contribution in [1.29, 1.82) is 0 Å². The van der Waals surface area contributed by atoms with E-state index in [1.807, 2.05) is 48.5 Å². The third-order valence-electron chi connectivity index (χ3n) is 6.25. The molecule has 0 unspecified atom stereocenters. The number of ether oxygens (including phenoxy) is 2. The molecule has 0 atom stereocenters. The second kappa shape index (κ2) is 10.3. The van der Waals surface area contributed by atoms with Gasteiger partial charge in [0, 0.05) is 12.1 Å². The van der Waals surface area contributed by atoms with Gasteiger partial charge in [0.1, 0.15) is 17.3 Å². The number of unbranched alkanes of at least 4 members (excludes halogenated alkanes) is 1. The van der Waals surface area contributed by atoms with Crippen molar-refractivity contribution < 1.29 is 9.47 Å². The van der Waals surface area contributed by atoms with E-state index < -0.39 is 0 Å². The standard InChI is InChI=1S/C30H34N2O3/c1-21-11-10-13-25(30(2,3)4)27(21)35-20-9-8-19-32-28(22-15-17-23(34-5)18-16-22)31-26-14-7-6-12-24(26)29(32)33/h6-7,10-18H,8-9,19-20H2,1-5H3. The van der Waals surface area contributed by atoms with Crippen LogP contribution in [0.3, 0.4) is 0 Å². The molecule has 0 amide bonds. The zero-order chi connectivity index (χ0) is 25.0. The normalized spacial score (nSPS) is 11.6. The van der Waals surface area contributed by atoms with E-state index in [0.717, 1.165) is 35.5 Å². The molecule has 5 heteroatoms. The minimum atomic E-state index is -0.0174. The molecule has 0 aliphatic carbocycles. The van der Waals surface area contributed by atoms with Gasteiger partial charge >= 0.3 is 0 Å². The SMILES string of the molecule is COc1ccc(-c2nc3ccccc3c(=O)n2CCCCOc2c(C)cccc2C(C)(C)C)cc1. The fourth-order valence-electron chi connectivity index (χ4n) is 4.32. The first kappa shape index (κ1) is 24.5. The molecule has 182 valence electrons. The molecular formula is C30H34N2O3. The third kappa shape index (κ3) is 5.40. The average Bonchev–Trinajstić information content (AvgIpc) is 2.85. The third-order valence-corrected chi connectivity index (χ3v) is 6.25. The van der Waals surface area contributed by atoms with Gasteiger partial charge in [-0.05, 0) is 72.7 Å². The number of aryl methyl sites for hydroxylation is 1. The summed E-state index contributed by atoms with van der Waals surface area (Å²) in [5, 5.41) is 0.635. The first-order valence-corrected chi connectivity index (χ1v) is 12.2. The minimum Gasteiger partial charge on any atom is -0.497 e. The van der Waals surface area contributed by atoms with Gasteiger partial charge in [0.2, 0.25) is 0 Å². The van der Waals surface area contributed by atoms with Gasteiger partial charge in [0.15, 0.2) is 0 Å². The minimum absolute atomic E-state index is 0.0126. The molecule has 0 bridgehead atoms. The predicted octanol–water partition coefficient (Wildman–Crippen LogP) is 6.54. The van der Waals surface area contributed by atoms with Crippen LogP contribution in [0.15, 0.2) is 71.5 Å². The number of rotatable bonds is 8. The molecule has 0 aliphatic heterocycles. The van der Waals surface area contributed by atoms with E-state index in [2.05, 4.69) is 45.9 Å². The lowest BCUT2D eigenvalue weighted by Gasteiger charge is -2.24. The molecule has 0 fully saturated rings. The summed E-state index contributed by atoms with van der Waals surface area (Å²) in [5.41, 5.74) is 3.95. The Hall–Kier alpha value is -3.60. The lowest BCUT2D eigenvalue weighted by atomic mass is 9.85. The van der Waals surface area contributed by atoms with E-state index in [4.69, 9.17) is 14.5 Å². The molecule has 4 rings (SSSR count). The van der Waals surface area contributed by atoms with Gasteiger partial charge in [-0.3, -0.25) is 9.36 Å². The zero-order valence-electron chi connectivity index (χ0n) is 21.3. The summed E-state index contributed by atoms with van der Waals surface area (Å²) >= 11 is 0. The molecule has 4 aromatic rings. The summed E-state index contributed by atoms with van der Waals surface area (Å²) in [5.74, 6) is 2.42. The number of nitrogens with zero attached hydrogens (tertiary/aromatic N) is 2. The van der Waals surface area contributed by atoms with E-state index in [0.29, 0.717) is 29.9 Å². The number of para-hydroxylation sites is 2. The van der Waals surface area contributed by atoms with Crippen LogP contribution in [-0.4, -0.2) is 23.3 Å². The lowest BCUT2D eigenvalue weighted by Crippen LogP contribution is -2.24. The molecule has 35 heavy (non-hydrogen) atoms. The number of hydrogen-bond acceptors (Lipinski definition) is 4. The van der Waals surface area contributed by atoms with E-state index in [9.17, 15) is 4.79 Å². The monoisotopic (exact) mass is 470 g/mol. The Morgan fingerprint density at radius 2 is 1.66 bits per heavy atom. The molecule has 3 aromatic carbocycles. The van der Waals surface area contributed by atoms with Crippen molar-refractivity contribution in [3.63, 3.8) is 0 Å². The Labute approximate surface area is 207 Å². The summed E-state index contributed by atoms with van der Waals surface area (Å²) in [6.45, 7) is 9.87. The molecule has 0 N–H and O–H groups in total. The van der Waals surface area contributed by atoms with Crippen molar-refractivity contribution in [2.45, 2.75) is 52.5 Å². The zero-order valence-corrected chi connectivity index (χ0v) is 21.3. The predicted molar refractivity (Wildman–Crippen MR) is 143 cm³/mol. The van der Waals surface area contributed by atoms with Crippen LogP contribution in [0.2, 0.25) is 0 Å². The number of methoxy groups -OCH3 is 1. The van der Waals surface area contributed by atoms with Crippen LogP contribution in [0.4, 0.5) is 0 Å². The molecule has 5 nitrogen and oxygen atoms in total. The first-order valence-electron chi connectivity index (χ1n) is 12.2. The van der Waals surface area contributed by atoms with E-state index in [1.54, 1.807) is 11.7 Å². The maximum Gasteiger partial charge on any atom is 0.261 e. The lowest BCUT2D eigenvalue weighted by molar-refractivity contribution is 0.293. The largest absolute Gasteiger partial charge is 0.497 e. The van der Waals surface area contributed by atoms with Crippen LogP contribution < -0.4 is 15.0 Å². The Balaban J connectivity index is 1.54. The van der Waals surface area contributed by atoms with Crippen LogP contribution in [0.5, 0.6) is 11.5 Å². The summed E-state index contributed by atoms with van der Waals surface area (Å²) in [4.78, 5) is 18.2. The van der Waals surface area contributed by atoms with Gasteiger partial charge in [-0.25, -0.2) is 4.98 Å². The van der Waals surface area contributed by atoms with Gasteiger partial charge in [-0.2, -0.15) is 0 Å². The second-order valence-corrected chi connectivity index (χ2v) is 9.90. The summed E-state index contributed by atoms with van der Waals surface area (Å²) in [6, 6.07) is 21.5. The molecule has 1 aromatic heterocycles. The Morgan fingerprint density at radius 3 is 2.37 bits per heavy atom. The number of aromatic nitrogens is 2. The summed E-state index contributed by atoms with van der Waals surface area (Å²) in [6.07, 6.45) is 1.64. The first-order chi connectivity index (χ1) is 16.8. The Bertz CT molecular complexity index is 1370. The van der Waals surface area contributed by atoms with Gasteiger partial charge in [-0.1, -0.05) is 51.1 Å². The molecular weight excluding hydrogens is 436 g/mol. The van der Waals surface area contributed by atoms with Crippen LogP contribution in [0, 0.1) is 6.92 Å². The van der Waals surface area contributed by atoms with Gasteiger partial charge in [0.05, 0.1) is 24.6 Å². The highest BCUT2D eigenvalue weighted by Gasteiger charge is 2.20. The second-order valence-electron chi connectivity index (χ2n) is 9.90. The Morgan fingerprint density at radius 1 is 0.914 bits per heavy atom. The fraction of sp³-hybridized carbons (Fsp3) is 0.333. The fourth-order valence-corrected chi connectivity index (χ4v) is 4.32. The maximum absolute atomic E-state index is 13.4. The van der Waals surface area contributed by atoms with Crippen molar-refractivity contribution in [3.8, 4) is 22.9 Å². The number of hydrogen-bond donors (Lipinski definition) is 0. The van der Waals surface area contributed by atoms with Crippen LogP contribution in [0.1, 0.15) is 44.7 Å². The van der Waals surface area contributed by atoms with Gasteiger partial charge in [0.25, 0.3) is 5.56 Å². The topological polar surface area (TPSA) is 53.3 Å². The van der Waals surface area contributed by atoms with E-state index in [1.165, 1.54) is 5.56 Å². The quantitative estimate of drug-likeness (QED) is 0.275. The Kier molecular flexibility index (Phi) is 7.25. The van der Waals surface area contributed by atoms with E-state index >= 15 is 0 Å². The molecule has 0 saturated heterocycles. The molecule has 0 spiro atoms. The van der Waals surface area contributed by atoms with Crippen LogP contribution in [-0.2, 0) is 12.0 Å². The van der Waals surface area contributed by atoms with Crippen molar-refractivity contribution in [2.24, 2.45) is 0 Å². The molecule has 0 radical (unpaired) electrons. The smallest absolute Gasteiger partial charge is 0.261 e. The summed E-state index contributed by atoms with van der Waals surface area (Å²) < 4.78 is 13.3. The highest BCUT2D eigenvalue weighted by Crippen LogP contribution is 2.34. The van der Waals surface area contributed by atoms with Crippen molar-refractivity contribution in [2.75, 3.05) is 13.7 Å². The molecule has 0 saturated carbocycles. The molecule has 1 heterocycles. The summed E-state index contributed by atoms with van der Waals surface area (Å²) in [7, 11) is 1.64. The van der Waals surface area contributed by atoms with Crippen molar-refractivity contribution >= 4 is 10.9 Å². The van der Waals surface area contributed by atoms with Gasteiger partial charge in [-0.15, -0.1) is 0 Å². The van der Waals surface area contributed by atoms with Crippen LogP contribution in [0.25, 0.3) is 22.3 Å².